The van der Waals surface area contributed by atoms with Crippen molar-refractivity contribution in [3.8, 4) is 0 Å². The molecule has 1 heteroatoms. The summed E-state index contributed by atoms with van der Waals surface area (Å²) in [6.45, 7) is 0. The van der Waals surface area contributed by atoms with E-state index in [9.17, 15) is 0 Å². The first-order chi connectivity index (χ1) is 3.00. The van der Waals surface area contributed by atoms with E-state index in [1.807, 2.05) is 0 Å². The van der Waals surface area contributed by atoms with Crippen molar-refractivity contribution in [2.24, 2.45) is 0 Å². The Morgan fingerprint density at radius 2 is 1.50 bits per heavy atom. The zero-order chi connectivity index (χ0) is 4.24. The molecule has 1 saturated heterocycles. The van der Waals surface area contributed by atoms with E-state index in [-0.39, 0.29) is 0 Å². The van der Waals surface area contributed by atoms with Crippen LogP contribution in [0.3, 0.4) is 0 Å². The summed E-state index contributed by atoms with van der Waals surface area (Å²) in [6, 6.07) is 0. The summed E-state index contributed by atoms with van der Waals surface area (Å²) in [5.74, 6) is 0. The molecule has 0 amide bonds. The summed E-state index contributed by atoms with van der Waals surface area (Å²) in [4.78, 5) is 0. The first kappa shape index (κ1) is 4.59. The van der Waals surface area contributed by atoms with Gasteiger partial charge in [0.25, 0.3) is 0 Å². The average Bonchev–Trinajstić information content (AvgIpc) is 1.72. The molecule has 0 aromatic heterocycles. The first-order valence-corrected chi connectivity index (χ1v) is 4.45. The first-order valence-electron chi connectivity index (χ1n) is 2.82. The highest BCUT2D eigenvalue weighted by atomic mass is 31.1. The minimum atomic E-state index is 0.905. The normalized spacial score (nSPS) is 24.0. The quantitative estimate of drug-likeness (QED) is 0.408. The van der Waals surface area contributed by atoms with Crippen molar-refractivity contribution in [1.82, 2.24) is 0 Å². The molecule has 1 rings (SSSR count). The van der Waals surface area contributed by atoms with Crippen molar-refractivity contribution >= 4 is 8.58 Å². The fourth-order valence-electron chi connectivity index (χ4n) is 0.898. The van der Waals surface area contributed by atoms with Gasteiger partial charge in [-0.2, -0.15) is 0 Å². The Labute approximate surface area is 41.1 Å². The van der Waals surface area contributed by atoms with Crippen LogP contribution in [0.1, 0.15) is 19.3 Å². The van der Waals surface area contributed by atoms with E-state index in [1.165, 1.54) is 19.3 Å². The molecular formula is C5H12P+. The number of rotatable bonds is 0. The molecule has 0 aliphatic carbocycles. The molecule has 0 spiro atoms. The monoisotopic (exact) mass is 103 g/mol. The maximum Gasteiger partial charge on any atom is 0.0549 e. The molecular weight excluding hydrogens is 91.0 g/mol. The lowest BCUT2D eigenvalue weighted by molar-refractivity contribution is 0.759. The molecule has 1 aliphatic heterocycles. The largest absolute Gasteiger partial charge is 0.0549 e. The average molecular weight is 103 g/mol. The zero-order valence-electron chi connectivity index (χ0n) is 4.11. The lowest BCUT2D eigenvalue weighted by Gasteiger charge is -2.00. The molecule has 0 saturated carbocycles. The van der Waals surface area contributed by atoms with Crippen molar-refractivity contribution < 1.29 is 0 Å². The van der Waals surface area contributed by atoms with Gasteiger partial charge in [-0.25, -0.2) is 0 Å². The van der Waals surface area contributed by atoms with E-state index >= 15 is 0 Å². The minimum Gasteiger partial charge on any atom is -0.0464 e. The topological polar surface area (TPSA) is 0 Å². The number of hydrogen-bond donors (Lipinski definition) is 0. The van der Waals surface area contributed by atoms with Gasteiger partial charge in [0.15, 0.2) is 0 Å². The predicted molar refractivity (Wildman–Crippen MR) is 33.3 cm³/mol. The van der Waals surface area contributed by atoms with Gasteiger partial charge >= 0.3 is 0 Å². The fourth-order valence-corrected chi connectivity index (χ4v) is 2.34. The molecule has 0 unspecified atom stereocenters. The maximum absolute atomic E-state index is 1.58. The van der Waals surface area contributed by atoms with Crippen LogP contribution in [0, 0.1) is 0 Å². The molecule has 1 heterocycles. The van der Waals surface area contributed by atoms with Crippen LogP contribution in [-0.4, -0.2) is 12.3 Å². The second-order valence-corrected chi connectivity index (χ2v) is 3.66. The van der Waals surface area contributed by atoms with Crippen LogP contribution in [0.2, 0.25) is 0 Å². The van der Waals surface area contributed by atoms with Crippen molar-refractivity contribution in [3.63, 3.8) is 0 Å². The van der Waals surface area contributed by atoms with Gasteiger partial charge in [-0.3, -0.25) is 0 Å². The van der Waals surface area contributed by atoms with Gasteiger partial charge in [0.1, 0.15) is 0 Å². The molecule has 36 valence electrons. The van der Waals surface area contributed by atoms with Crippen molar-refractivity contribution in [3.05, 3.63) is 0 Å². The standard InChI is InChI=1S/C5H11P/c1-2-4-6-5-3-1/h6H,1-5H2/p+1. The third kappa shape index (κ3) is 1.26. The predicted octanol–water partition coefficient (Wildman–Crippen LogP) is 1.58. The van der Waals surface area contributed by atoms with Gasteiger partial charge in [-0.15, -0.1) is 0 Å². The SMILES string of the molecule is C1CC[PH2+]CC1. The highest BCUT2D eigenvalue weighted by Crippen LogP contribution is 2.21. The molecule has 0 N–H and O–H groups in total. The van der Waals surface area contributed by atoms with Crippen LogP contribution < -0.4 is 0 Å². The van der Waals surface area contributed by atoms with Crippen molar-refractivity contribution in [1.29, 1.82) is 0 Å². The van der Waals surface area contributed by atoms with E-state index in [2.05, 4.69) is 0 Å². The third-order valence-corrected chi connectivity index (χ3v) is 2.95. The number of hydrogen-bond acceptors (Lipinski definition) is 0. The summed E-state index contributed by atoms with van der Waals surface area (Å²) in [5, 5.41) is 0. The minimum absolute atomic E-state index is 0.905. The van der Waals surface area contributed by atoms with Crippen LogP contribution in [0.25, 0.3) is 0 Å². The van der Waals surface area contributed by atoms with Gasteiger partial charge in [0.2, 0.25) is 0 Å². The van der Waals surface area contributed by atoms with Gasteiger partial charge < -0.3 is 0 Å². The molecule has 0 nitrogen and oxygen atoms in total. The fraction of sp³-hybridized carbons (Fsp3) is 1.00. The lowest BCUT2D eigenvalue weighted by Crippen LogP contribution is -1.89. The van der Waals surface area contributed by atoms with E-state index in [0.29, 0.717) is 0 Å². The molecule has 0 atom stereocenters. The van der Waals surface area contributed by atoms with E-state index < -0.39 is 0 Å². The summed E-state index contributed by atoms with van der Waals surface area (Å²) in [5.41, 5.74) is 0. The van der Waals surface area contributed by atoms with Crippen LogP contribution in [0.15, 0.2) is 0 Å². The maximum atomic E-state index is 1.58. The summed E-state index contributed by atoms with van der Waals surface area (Å²) in [7, 11) is 0.905. The summed E-state index contributed by atoms with van der Waals surface area (Å²) in [6.07, 6.45) is 7.76. The molecule has 0 radical (unpaired) electrons. The Balaban J connectivity index is 2.00. The lowest BCUT2D eigenvalue weighted by atomic mass is 10.3. The molecule has 0 aromatic rings. The Morgan fingerprint density at radius 3 is 1.67 bits per heavy atom. The van der Waals surface area contributed by atoms with Gasteiger partial charge in [-0.05, 0) is 27.8 Å². The Hall–Kier alpha value is 0.430. The van der Waals surface area contributed by atoms with E-state index in [1.54, 1.807) is 12.3 Å². The smallest absolute Gasteiger partial charge is 0.0464 e. The molecule has 6 heavy (non-hydrogen) atoms. The highest BCUT2D eigenvalue weighted by Gasteiger charge is 2.01. The highest BCUT2D eigenvalue weighted by molar-refractivity contribution is 7.38. The van der Waals surface area contributed by atoms with Crippen molar-refractivity contribution in [2.75, 3.05) is 12.3 Å². The Morgan fingerprint density at radius 1 is 0.833 bits per heavy atom. The second-order valence-electron chi connectivity index (χ2n) is 1.93. The summed E-state index contributed by atoms with van der Waals surface area (Å²) >= 11 is 0. The van der Waals surface area contributed by atoms with Crippen LogP contribution >= 0.6 is 8.58 Å². The molecule has 0 aromatic carbocycles. The van der Waals surface area contributed by atoms with Gasteiger partial charge in [0.05, 0.1) is 12.3 Å². The Kier molecular flexibility index (Phi) is 1.97. The second kappa shape index (κ2) is 2.58. The van der Waals surface area contributed by atoms with Crippen LogP contribution in [0.4, 0.5) is 0 Å². The van der Waals surface area contributed by atoms with E-state index in [0.717, 1.165) is 8.58 Å². The molecule has 1 aliphatic rings. The summed E-state index contributed by atoms with van der Waals surface area (Å²) < 4.78 is 0. The molecule has 0 bridgehead atoms. The van der Waals surface area contributed by atoms with Gasteiger partial charge in [0, 0.05) is 0 Å². The third-order valence-electron chi connectivity index (χ3n) is 1.32. The van der Waals surface area contributed by atoms with Crippen LogP contribution in [-0.2, 0) is 0 Å². The van der Waals surface area contributed by atoms with Crippen LogP contribution in [0.5, 0.6) is 0 Å². The van der Waals surface area contributed by atoms with E-state index in [4.69, 9.17) is 0 Å². The Bertz CT molecular complexity index is 19.4. The molecule has 1 fully saturated rings. The van der Waals surface area contributed by atoms with Crippen molar-refractivity contribution in [2.45, 2.75) is 19.3 Å². The zero-order valence-corrected chi connectivity index (χ0v) is 5.27. The van der Waals surface area contributed by atoms with Gasteiger partial charge in [-0.1, -0.05) is 0 Å².